The van der Waals surface area contributed by atoms with Crippen molar-refractivity contribution in [2.24, 2.45) is 0 Å². The van der Waals surface area contributed by atoms with E-state index in [9.17, 15) is 8.42 Å². The van der Waals surface area contributed by atoms with E-state index in [0.29, 0.717) is 28.7 Å². The van der Waals surface area contributed by atoms with Gasteiger partial charge in [-0.3, -0.25) is 0 Å². The van der Waals surface area contributed by atoms with Crippen molar-refractivity contribution in [3.8, 4) is 28.7 Å². The maximum atomic E-state index is 12.3. The lowest BCUT2D eigenvalue weighted by atomic mass is 10.3. The SMILES string of the molecule is O=S(=O)(NCCOc1ccc2c(c1)OCO2)c1ccc2c(c1)OCO2. The van der Waals surface area contributed by atoms with Crippen LogP contribution >= 0.6 is 0 Å². The van der Waals surface area contributed by atoms with Crippen molar-refractivity contribution in [3.63, 3.8) is 0 Å². The van der Waals surface area contributed by atoms with Crippen LogP contribution in [-0.4, -0.2) is 35.2 Å². The van der Waals surface area contributed by atoms with Gasteiger partial charge in [-0.05, 0) is 24.3 Å². The predicted molar refractivity (Wildman–Crippen MR) is 85.8 cm³/mol. The van der Waals surface area contributed by atoms with Gasteiger partial charge < -0.3 is 23.7 Å². The van der Waals surface area contributed by atoms with E-state index < -0.39 is 10.0 Å². The van der Waals surface area contributed by atoms with Gasteiger partial charge in [-0.25, -0.2) is 13.1 Å². The summed E-state index contributed by atoms with van der Waals surface area (Å²) in [7, 11) is -3.66. The van der Waals surface area contributed by atoms with E-state index in [1.54, 1.807) is 24.3 Å². The Bertz CT molecular complexity index is 897. The molecule has 0 fully saturated rings. The molecule has 25 heavy (non-hydrogen) atoms. The second-order valence-corrected chi connectivity index (χ2v) is 7.04. The largest absolute Gasteiger partial charge is 0.492 e. The zero-order chi connectivity index (χ0) is 17.3. The van der Waals surface area contributed by atoms with Gasteiger partial charge in [0, 0.05) is 18.7 Å². The Kier molecular flexibility index (Phi) is 4.02. The Morgan fingerprint density at radius 2 is 1.52 bits per heavy atom. The van der Waals surface area contributed by atoms with Crippen molar-refractivity contribution in [3.05, 3.63) is 36.4 Å². The number of ether oxygens (including phenoxy) is 5. The average Bonchev–Trinajstić information content (AvgIpc) is 3.26. The highest BCUT2D eigenvalue weighted by Gasteiger charge is 2.20. The fourth-order valence-electron chi connectivity index (χ4n) is 2.44. The van der Waals surface area contributed by atoms with E-state index in [-0.39, 0.29) is 31.6 Å². The monoisotopic (exact) mass is 365 g/mol. The van der Waals surface area contributed by atoms with Crippen LogP contribution in [0.5, 0.6) is 28.7 Å². The first-order valence-corrected chi connectivity index (χ1v) is 9.02. The van der Waals surface area contributed by atoms with Crippen LogP contribution in [0, 0.1) is 0 Å². The zero-order valence-electron chi connectivity index (χ0n) is 13.1. The molecular weight excluding hydrogens is 350 g/mol. The fourth-order valence-corrected chi connectivity index (χ4v) is 3.47. The van der Waals surface area contributed by atoms with Crippen LogP contribution in [0.25, 0.3) is 0 Å². The number of hydrogen-bond acceptors (Lipinski definition) is 7. The Labute approximate surface area is 144 Å². The minimum atomic E-state index is -3.66. The molecule has 8 nitrogen and oxygen atoms in total. The highest BCUT2D eigenvalue weighted by Crippen LogP contribution is 2.35. The number of benzene rings is 2. The summed E-state index contributed by atoms with van der Waals surface area (Å²) in [5.41, 5.74) is 0. The van der Waals surface area contributed by atoms with Gasteiger partial charge in [0.15, 0.2) is 23.0 Å². The number of hydrogen-bond donors (Lipinski definition) is 1. The van der Waals surface area contributed by atoms with Crippen LogP contribution < -0.4 is 28.4 Å². The molecule has 2 aliphatic rings. The number of fused-ring (bicyclic) bond motifs is 2. The van der Waals surface area contributed by atoms with Gasteiger partial charge in [0.1, 0.15) is 12.4 Å². The molecule has 0 amide bonds. The molecule has 2 aliphatic heterocycles. The number of sulfonamides is 1. The van der Waals surface area contributed by atoms with Gasteiger partial charge in [-0.2, -0.15) is 0 Å². The summed E-state index contributed by atoms with van der Waals surface area (Å²) in [6.07, 6.45) is 0. The molecule has 0 radical (unpaired) electrons. The molecule has 1 N–H and O–H groups in total. The Morgan fingerprint density at radius 3 is 2.28 bits per heavy atom. The third-order valence-electron chi connectivity index (χ3n) is 3.66. The van der Waals surface area contributed by atoms with E-state index in [1.807, 2.05) is 0 Å². The lowest BCUT2D eigenvalue weighted by molar-refractivity contribution is 0.173. The molecule has 0 atom stereocenters. The van der Waals surface area contributed by atoms with E-state index in [1.165, 1.54) is 12.1 Å². The van der Waals surface area contributed by atoms with Crippen LogP contribution in [0.3, 0.4) is 0 Å². The lowest BCUT2D eigenvalue weighted by Crippen LogP contribution is -2.28. The molecule has 4 rings (SSSR count). The minimum absolute atomic E-state index is 0.0929. The molecular formula is C16H15NO7S. The van der Waals surface area contributed by atoms with Crippen LogP contribution in [0.2, 0.25) is 0 Å². The van der Waals surface area contributed by atoms with E-state index in [0.717, 1.165) is 0 Å². The lowest BCUT2D eigenvalue weighted by Gasteiger charge is -2.09. The summed E-state index contributed by atoms with van der Waals surface area (Å²) in [6.45, 7) is 0.568. The van der Waals surface area contributed by atoms with Gasteiger partial charge >= 0.3 is 0 Å². The van der Waals surface area contributed by atoms with E-state index in [2.05, 4.69) is 4.72 Å². The molecule has 2 aromatic rings. The summed E-state index contributed by atoms with van der Waals surface area (Å²) in [6, 6.07) is 9.65. The summed E-state index contributed by atoms with van der Waals surface area (Å²) in [5.74, 6) is 2.80. The van der Waals surface area contributed by atoms with Crippen LogP contribution in [-0.2, 0) is 10.0 Å². The highest BCUT2D eigenvalue weighted by atomic mass is 32.2. The Balaban J connectivity index is 1.33. The highest BCUT2D eigenvalue weighted by molar-refractivity contribution is 7.89. The van der Waals surface area contributed by atoms with Crippen LogP contribution in [0.15, 0.2) is 41.3 Å². The maximum Gasteiger partial charge on any atom is 0.240 e. The molecule has 0 aromatic heterocycles. The number of nitrogens with one attached hydrogen (secondary N) is 1. The summed E-state index contributed by atoms with van der Waals surface area (Å²) in [5, 5.41) is 0. The molecule has 0 bridgehead atoms. The van der Waals surface area contributed by atoms with E-state index in [4.69, 9.17) is 23.7 Å². The fraction of sp³-hybridized carbons (Fsp3) is 0.250. The van der Waals surface area contributed by atoms with E-state index >= 15 is 0 Å². The quantitative estimate of drug-likeness (QED) is 0.776. The molecule has 0 aliphatic carbocycles. The second-order valence-electron chi connectivity index (χ2n) is 5.28. The second kappa shape index (κ2) is 6.34. The minimum Gasteiger partial charge on any atom is -0.492 e. The van der Waals surface area contributed by atoms with Gasteiger partial charge in [0.2, 0.25) is 23.6 Å². The first-order chi connectivity index (χ1) is 12.1. The molecule has 132 valence electrons. The van der Waals surface area contributed by atoms with Crippen molar-refractivity contribution in [1.29, 1.82) is 0 Å². The molecule has 0 unspecified atom stereocenters. The van der Waals surface area contributed by atoms with Crippen molar-refractivity contribution in [2.75, 3.05) is 26.7 Å². The predicted octanol–water partition coefficient (Wildman–Crippen LogP) is 1.50. The van der Waals surface area contributed by atoms with Crippen LogP contribution in [0.1, 0.15) is 0 Å². The van der Waals surface area contributed by atoms with Crippen molar-refractivity contribution < 1.29 is 32.1 Å². The molecule has 0 saturated carbocycles. The van der Waals surface area contributed by atoms with Crippen LogP contribution in [0.4, 0.5) is 0 Å². The number of rotatable bonds is 6. The first kappa shape index (κ1) is 15.9. The summed E-state index contributed by atoms with van der Waals surface area (Å²) >= 11 is 0. The molecule has 0 spiro atoms. The summed E-state index contributed by atoms with van der Waals surface area (Å²) < 4.78 is 53.4. The first-order valence-electron chi connectivity index (χ1n) is 7.54. The normalized spacial score (nSPS) is 14.6. The van der Waals surface area contributed by atoms with Gasteiger partial charge in [-0.1, -0.05) is 0 Å². The molecule has 2 aromatic carbocycles. The third-order valence-corrected chi connectivity index (χ3v) is 5.12. The molecule has 0 saturated heterocycles. The van der Waals surface area contributed by atoms with Gasteiger partial charge in [0.25, 0.3) is 0 Å². The van der Waals surface area contributed by atoms with Crippen molar-refractivity contribution >= 4 is 10.0 Å². The third kappa shape index (κ3) is 3.28. The topological polar surface area (TPSA) is 92.3 Å². The Hall–Kier alpha value is -2.65. The molecule has 2 heterocycles. The maximum absolute atomic E-state index is 12.3. The zero-order valence-corrected chi connectivity index (χ0v) is 13.9. The Morgan fingerprint density at radius 1 is 0.880 bits per heavy atom. The van der Waals surface area contributed by atoms with Crippen molar-refractivity contribution in [2.45, 2.75) is 4.90 Å². The standard InChI is InChI=1S/C16H15NO7S/c18-25(19,12-2-4-14-16(8-12)24-10-22-14)17-5-6-20-11-1-3-13-15(7-11)23-9-21-13/h1-4,7-8,17H,5-6,9-10H2. The summed E-state index contributed by atoms with van der Waals surface area (Å²) in [4.78, 5) is 0.111. The van der Waals surface area contributed by atoms with Gasteiger partial charge in [-0.15, -0.1) is 0 Å². The molecule has 9 heteroatoms. The smallest absolute Gasteiger partial charge is 0.240 e. The van der Waals surface area contributed by atoms with Gasteiger partial charge in [0.05, 0.1) is 4.90 Å². The average molecular weight is 365 g/mol. The van der Waals surface area contributed by atoms with Crippen molar-refractivity contribution in [1.82, 2.24) is 4.72 Å².